The van der Waals surface area contributed by atoms with Crippen LogP contribution in [0.25, 0.3) is 0 Å². The summed E-state index contributed by atoms with van der Waals surface area (Å²) in [6.45, 7) is 1.13. The Balaban J connectivity index is 1.44. The van der Waals surface area contributed by atoms with Crippen LogP contribution in [-0.4, -0.2) is 31.7 Å². The van der Waals surface area contributed by atoms with Crippen LogP contribution in [0.5, 0.6) is 0 Å². The summed E-state index contributed by atoms with van der Waals surface area (Å²) in [4.78, 5) is 11.8. The van der Waals surface area contributed by atoms with Crippen molar-refractivity contribution in [3.63, 3.8) is 0 Å². The van der Waals surface area contributed by atoms with E-state index in [1.54, 1.807) is 22.5 Å². The van der Waals surface area contributed by atoms with E-state index in [1.165, 1.54) is 5.56 Å². The summed E-state index contributed by atoms with van der Waals surface area (Å²) in [5.41, 5.74) is 2.94. The van der Waals surface area contributed by atoms with Gasteiger partial charge in [0.2, 0.25) is 15.9 Å². The molecule has 0 bridgehead atoms. The highest BCUT2D eigenvalue weighted by Gasteiger charge is 2.30. The molecule has 2 aliphatic heterocycles. The molecular weight excluding hydrogens is 360 g/mol. The number of sulfonamides is 1. The Labute approximate surface area is 160 Å². The minimum Gasteiger partial charge on any atom is -0.326 e. The predicted octanol–water partition coefficient (Wildman–Crippen LogP) is 3.21. The molecule has 2 aromatic rings. The molecule has 4 rings (SSSR count). The molecule has 6 heteroatoms. The number of rotatable bonds is 4. The van der Waals surface area contributed by atoms with Gasteiger partial charge in [-0.05, 0) is 60.9 Å². The van der Waals surface area contributed by atoms with Crippen molar-refractivity contribution in [2.75, 3.05) is 18.4 Å². The number of carbonyl (C=O) groups excluding carboxylic acids is 1. The van der Waals surface area contributed by atoms with Gasteiger partial charge in [0.1, 0.15) is 0 Å². The Hall–Kier alpha value is -2.18. The van der Waals surface area contributed by atoms with Crippen molar-refractivity contribution < 1.29 is 13.2 Å². The van der Waals surface area contributed by atoms with Crippen molar-refractivity contribution in [3.05, 3.63) is 59.7 Å². The number of carbonyl (C=O) groups is 1. The highest BCUT2D eigenvalue weighted by Crippen LogP contribution is 2.29. The molecule has 0 radical (unpaired) electrons. The molecule has 5 nitrogen and oxygen atoms in total. The van der Waals surface area contributed by atoms with Gasteiger partial charge in [-0.3, -0.25) is 4.79 Å². The fourth-order valence-corrected chi connectivity index (χ4v) is 5.49. The molecule has 0 aliphatic carbocycles. The zero-order chi connectivity index (χ0) is 18.9. The molecular formula is C21H24N2O3S. The first-order valence-corrected chi connectivity index (χ1v) is 10.9. The van der Waals surface area contributed by atoms with Gasteiger partial charge in [0.15, 0.2) is 0 Å². The van der Waals surface area contributed by atoms with Gasteiger partial charge in [-0.15, -0.1) is 0 Å². The van der Waals surface area contributed by atoms with Crippen LogP contribution in [0.1, 0.15) is 30.4 Å². The minimum atomic E-state index is -3.48. The molecule has 0 spiro atoms. The first kappa shape index (κ1) is 18.2. The average Bonchev–Trinajstić information content (AvgIpc) is 2.69. The normalized spacial score (nSPS) is 18.7. The van der Waals surface area contributed by atoms with Gasteiger partial charge in [-0.25, -0.2) is 8.42 Å². The van der Waals surface area contributed by atoms with Crippen molar-refractivity contribution in [1.29, 1.82) is 0 Å². The van der Waals surface area contributed by atoms with Crippen LogP contribution in [0.2, 0.25) is 0 Å². The summed E-state index contributed by atoms with van der Waals surface area (Å²) < 4.78 is 27.7. The number of amides is 1. The SMILES string of the molecule is O=C1CCc2cc(S(=O)(=O)N3CCC(Cc4ccccc4)CC3)ccc2N1. The minimum absolute atomic E-state index is 0.0152. The smallest absolute Gasteiger partial charge is 0.243 e. The van der Waals surface area contributed by atoms with E-state index in [9.17, 15) is 13.2 Å². The van der Waals surface area contributed by atoms with Gasteiger partial charge < -0.3 is 5.32 Å². The Bertz CT molecular complexity index is 933. The number of benzene rings is 2. The molecule has 1 N–H and O–H groups in total. The zero-order valence-corrected chi connectivity index (χ0v) is 16.0. The lowest BCUT2D eigenvalue weighted by Gasteiger charge is -2.31. The van der Waals surface area contributed by atoms with Crippen LogP contribution in [0.15, 0.2) is 53.4 Å². The highest BCUT2D eigenvalue weighted by atomic mass is 32.2. The van der Waals surface area contributed by atoms with Crippen LogP contribution in [0, 0.1) is 5.92 Å². The largest absolute Gasteiger partial charge is 0.326 e. The number of fused-ring (bicyclic) bond motifs is 1. The summed E-state index contributed by atoms with van der Waals surface area (Å²) in [7, 11) is -3.48. The molecule has 2 aromatic carbocycles. The van der Waals surface area contributed by atoms with Gasteiger partial charge in [0.05, 0.1) is 4.90 Å². The molecule has 27 heavy (non-hydrogen) atoms. The number of aryl methyl sites for hydroxylation is 1. The summed E-state index contributed by atoms with van der Waals surface area (Å²) in [5, 5.41) is 2.80. The van der Waals surface area contributed by atoms with Crippen molar-refractivity contribution in [2.24, 2.45) is 5.92 Å². The summed E-state index contributed by atoms with van der Waals surface area (Å²) >= 11 is 0. The lowest BCUT2D eigenvalue weighted by molar-refractivity contribution is -0.116. The summed E-state index contributed by atoms with van der Waals surface area (Å²) in [5.74, 6) is 0.510. The van der Waals surface area contributed by atoms with E-state index in [-0.39, 0.29) is 5.91 Å². The zero-order valence-electron chi connectivity index (χ0n) is 15.2. The molecule has 142 valence electrons. The van der Waals surface area contributed by atoms with E-state index in [0.29, 0.717) is 36.7 Å². The second kappa shape index (κ2) is 7.44. The van der Waals surface area contributed by atoms with Crippen LogP contribution >= 0.6 is 0 Å². The quantitative estimate of drug-likeness (QED) is 0.880. The van der Waals surface area contributed by atoms with Crippen molar-refractivity contribution >= 4 is 21.6 Å². The monoisotopic (exact) mass is 384 g/mol. The summed E-state index contributed by atoms with van der Waals surface area (Å²) in [6.07, 6.45) is 3.77. The van der Waals surface area contributed by atoms with Crippen LogP contribution in [0.3, 0.4) is 0 Å². The maximum Gasteiger partial charge on any atom is 0.243 e. The van der Waals surface area contributed by atoms with Crippen molar-refractivity contribution in [1.82, 2.24) is 4.31 Å². The topological polar surface area (TPSA) is 66.5 Å². The van der Waals surface area contributed by atoms with Gasteiger partial charge >= 0.3 is 0 Å². The number of nitrogens with one attached hydrogen (secondary N) is 1. The molecule has 0 aromatic heterocycles. The third-order valence-electron chi connectivity index (χ3n) is 5.55. The molecule has 2 aliphatic rings. The number of nitrogens with zero attached hydrogens (tertiary/aromatic N) is 1. The van der Waals surface area contributed by atoms with Crippen LogP contribution in [0.4, 0.5) is 5.69 Å². The Morgan fingerprint density at radius 1 is 1.00 bits per heavy atom. The standard InChI is InChI=1S/C21H24N2O3S/c24-21-9-6-18-15-19(7-8-20(18)22-21)27(25,26)23-12-10-17(11-13-23)14-16-4-2-1-3-5-16/h1-5,7-8,15,17H,6,9-14H2,(H,22,24). The molecule has 1 saturated heterocycles. The van der Waals surface area contributed by atoms with E-state index < -0.39 is 10.0 Å². The fraction of sp³-hybridized carbons (Fsp3) is 0.381. The lowest BCUT2D eigenvalue weighted by Crippen LogP contribution is -2.39. The van der Waals surface area contributed by atoms with Crippen molar-refractivity contribution in [2.45, 2.75) is 37.0 Å². The molecule has 2 heterocycles. The van der Waals surface area contributed by atoms with E-state index >= 15 is 0 Å². The Morgan fingerprint density at radius 3 is 2.48 bits per heavy atom. The molecule has 0 saturated carbocycles. The Kier molecular flexibility index (Phi) is 5.02. The molecule has 0 atom stereocenters. The van der Waals surface area contributed by atoms with E-state index in [4.69, 9.17) is 0 Å². The van der Waals surface area contributed by atoms with E-state index in [0.717, 1.165) is 30.5 Å². The summed E-state index contributed by atoms with van der Waals surface area (Å²) in [6, 6.07) is 15.4. The second-order valence-corrected chi connectivity index (χ2v) is 9.34. The maximum atomic E-state index is 13.0. The van der Waals surface area contributed by atoms with Gasteiger partial charge in [-0.1, -0.05) is 30.3 Å². The fourth-order valence-electron chi connectivity index (χ4n) is 3.97. The van der Waals surface area contributed by atoms with Gasteiger partial charge in [0, 0.05) is 25.2 Å². The van der Waals surface area contributed by atoms with Gasteiger partial charge in [-0.2, -0.15) is 4.31 Å². The van der Waals surface area contributed by atoms with Gasteiger partial charge in [0.25, 0.3) is 0 Å². The highest BCUT2D eigenvalue weighted by molar-refractivity contribution is 7.89. The first-order valence-electron chi connectivity index (χ1n) is 9.49. The lowest BCUT2D eigenvalue weighted by atomic mass is 9.91. The van der Waals surface area contributed by atoms with E-state index in [1.807, 2.05) is 18.2 Å². The molecule has 1 amide bonds. The molecule has 0 unspecified atom stereocenters. The third kappa shape index (κ3) is 3.92. The predicted molar refractivity (Wildman–Crippen MR) is 105 cm³/mol. The van der Waals surface area contributed by atoms with Crippen LogP contribution < -0.4 is 5.32 Å². The number of piperidine rings is 1. The molecule has 1 fully saturated rings. The average molecular weight is 385 g/mol. The Morgan fingerprint density at radius 2 is 1.74 bits per heavy atom. The second-order valence-electron chi connectivity index (χ2n) is 7.40. The van der Waals surface area contributed by atoms with Crippen molar-refractivity contribution in [3.8, 4) is 0 Å². The number of hydrogen-bond donors (Lipinski definition) is 1. The first-order chi connectivity index (χ1) is 13.0. The van der Waals surface area contributed by atoms with E-state index in [2.05, 4.69) is 17.4 Å². The number of anilines is 1. The maximum absolute atomic E-state index is 13.0. The third-order valence-corrected chi connectivity index (χ3v) is 7.45. The van der Waals surface area contributed by atoms with Crippen LogP contribution in [-0.2, 0) is 27.7 Å². The number of hydrogen-bond acceptors (Lipinski definition) is 3.